The molecule has 0 aliphatic heterocycles. The van der Waals surface area contributed by atoms with Crippen molar-refractivity contribution in [3.63, 3.8) is 0 Å². The maximum atomic E-state index is 9.13. The molecule has 0 spiro atoms. The molecule has 0 aliphatic rings. The lowest BCUT2D eigenvalue weighted by Gasteiger charge is -2.09. The molecule has 0 saturated carbocycles. The average Bonchev–Trinajstić information content (AvgIpc) is 2.28. The number of rotatable bonds is 6. The van der Waals surface area contributed by atoms with Crippen molar-refractivity contribution < 1.29 is 5.11 Å². The number of nitrogens with zero attached hydrogens (tertiary/aromatic N) is 2. The van der Waals surface area contributed by atoms with Crippen LogP contribution in [0.2, 0.25) is 0 Å². The van der Waals surface area contributed by atoms with Gasteiger partial charge in [0.05, 0.1) is 6.10 Å². The molecule has 1 unspecified atom stereocenters. The normalized spacial score (nSPS) is 12.2. The predicted octanol–water partition coefficient (Wildman–Crippen LogP) is 0.507. The molecule has 0 radical (unpaired) electrons. The standard InChI is InChI=1S/C10H19N5O/c1-3-8-13-9(6-10(14-8)15-11)12-5-4-7(2)16/h6-7,16H,3-5,11H2,1-2H3,(H2,12,13,14,15). The Bertz CT molecular complexity index is 307. The van der Waals surface area contributed by atoms with Crippen LogP contribution in [-0.2, 0) is 6.42 Å². The largest absolute Gasteiger partial charge is 0.393 e. The number of aliphatic hydroxyl groups excluding tert-OH is 1. The number of nitrogens with one attached hydrogen (secondary N) is 2. The van der Waals surface area contributed by atoms with Gasteiger partial charge in [0.1, 0.15) is 17.5 Å². The summed E-state index contributed by atoms with van der Waals surface area (Å²) in [4.78, 5) is 8.47. The van der Waals surface area contributed by atoms with Gasteiger partial charge in [0, 0.05) is 19.0 Å². The molecular formula is C10H19N5O. The highest BCUT2D eigenvalue weighted by molar-refractivity contribution is 5.46. The molecule has 0 aromatic carbocycles. The SMILES string of the molecule is CCc1nc(NN)cc(NCCC(C)O)n1. The Morgan fingerprint density at radius 2 is 2.12 bits per heavy atom. The third-order valence-electron chi connectivity index (χ3n) is 2.10. The monoisotopic (exact) mass is 225 g/mol. The zero-order valence-corrected chi connectivity index (χ0v) is 9.70. The summed E-state index contributed by atoms with van der Waals surface area (Å²) >= 11 is 0. The highest BCUT2D eigenvalue weighted by atomic mass is 16.3. The van der Waals surface area contributed by atoms with E-state index >= 15 is 0 Å². The summed E-state index contributed by atoms with van der Waals surface area (Å²) in [7, 11) is 0. The maximum Gasteiger partial charge on any atom is 0.145 e. The molecule has 1 atom stereocenters. The van der Waals surface area contributed by atoms with Gasteiger partial charge in [-0.25, -0.2) is 15.8 Å². The number of hydrogen-bond donors (Lipinski definition) is 4. The smallest absolute Gasteiger partial charge is 0.145 e. The quantitative estimate of drug-likeness (QED) is 0.416. The molecular weight excluding hydrogens is 206 g/mol. The second-order valence-corrected chi connectivity index (χ2v) is 3.62. The zero-order chi connectivity index (χ0) is 12.0. The van der Waals surface area contributed by atoms with Gasteiger partial charge >= 0.3 is 0 Å². The van der Waals surface area contributed by atoms with E-state index in [2.05, 4.69) is 20.7 Å². The van der Waals surface area contributed by atoms with Crippen LogP contribution >= 0.6 is 0 Å². The van der Waals surface area contributed by atoms with Gasteiger partial charge in [-0.2, -0.15) is 0 Å². The molecule has 6 nitrogen and oxygen atoms in total. The number of nitrogens with two attached hydrogens (primary N) is 1. The van der Waals surface area contributed by atoms with Crippen molar-refractivity contribution in [3.05, 3.63) is 11.9 Å². The number of hydrazine groups is 1. The van der Waals surface area contributed by atoms with Crippen LogP contribution in [0, 0.1) is 0 Å². The van der Waals surface area contributed by atoms with Crippen molar-refractivity contribution in [1.82, 2.24) is 9.97 Å². The van der Waals surface area contributed by atoms with Crippen LogP contribution in [0.5, 0.6) is 0 Å². The summed E-state index contributed by atoms with van der Waals surface area (Å²) < 4.78 is 0. The van der Waals surface area contributed by atoms with E-state index in [4.69, 9.17) is 10.9 Å². The molecule has 0 fully saturated rings. The first-order chi connectivity index (χ1) is 7.65. The highest BCUT2D eigenvalue weighted by Crippen LogP contribution is 2.10. The minimum atomic E-state index is -0.313. The fourth-order valence-corrected chi connectivity index (χ4v) is 1.23. The first kappa shape index (κ1) is 12.7. The number of nitrogen functional groups attached to an aromatic ring is 1. The molecule has 1 rings (SSSR count). The fourth-order valence-electron chi connectivity index (χ4n) is 1.23. The number of aliphatic hydroxyl groups is 1. The van der Waals surface area contributed by atoms with Crippen LogP contribution in [0.3, 0.4) is 0 Å². The second kappa shape index (κ2) is 6.24. The van der Waals surface area contributed by atoms with Crippen molar-refractivity contribution >= 4 is 11.6 Å². The van der Waals surface area contributed by atoms with E-state index in [1.165, 1.54) is 0 Å². The van der Waals surface area contributed by atoms with Gasteiger partial charge in [-0.05, 0) is 13.3 Å². The lowest BCUT2D eigenvalue weighted by molar-refractivity contribution is 0.188. The molecule has 1 aromatic heterocycles. The first-order valence-corrected chi connectivity index (χ1v) is 5.42. The maximum absolute atomic E-state index is 9.13. The molecule has 16 heavy (non-hydrogen) atoms. The summed E-state index contributed by atoms with van der Waals surface area (Å²) in [5, 5.41) is 12.2. The van der Waals surface area contributed by atoms with Crippen molar-refractivity contribution in [2.24, 2.45) is 5.84 Å². The minimum Gasteiger partial charge on any atom is -0.393 e. The Morgan fingerprint density at radius 3 is 2.69 bits per heavy atom. The summed E-state index contributed by atoms with van der Waals surface area (Å²) in [6.45, 7) is 4.41. The second-order valence-electron chi connectivity index (χ2n) is 3.62. The molecule has 6 heteroatoms. The summed E-state index contributed by atoms with van der Waals surface area (Å²) in [5.74, 6) is 7.35. The molecule has 1 aromatic rings. The van der Waals surface area contributed by atoms with Crippen LogP contribution in [0.15, 0.2) is 6.07 Å². The average molecular weight is 225 g/mol. The van der Waals surface area contributed by atoms with Gasteiger partial charge in [0.25, 0.3) is 0 Å². The summed E-state index contributed by atoms with van der Waals surface area (Å²) in [6.07, 6.45) is 1.12. The Labute approximate surface area is 95.3 Å². The molecule has 0 saturated heterocycles. The van der Waals surface area contributed by atoms with Crippen LogP contribution in [0.1, 0.15) is 26.1 Å². The van der Waals surface area contributed by atoms with E-state index in [-0.39, 0.29) is 6.10 Å². The number of aryl methyl sites for hydroxylation is 1. The molecule has 1 heterocycles. The molecule has 5 N–H and O–H groups in total. The van der Waals surface area contributed by atoms with E-state index in [1.54, 1.807) is 13.0 Å². The lowest BCUT2D eigenvalue weighted by Crippen LogP contribution is -2.14. The number of hydrogen-bond acceptors (Lipinski definition) is 6. The van der Waals surface area contributed by atoms with E-state index in [1.807, 2.05) is 6.92 Å². The third-order valence-corrected chi connectivity index (χ3v) is 2.10. The van der Waals surface area contributed by atoms with Crippen molar-refractivity contribution in [2.75, 3.05) is 17.3 Å². The van der Waals surface area contributed by atoms with E-state index in [0.29, 0.717) is 18.8 Å². The van der Waals surface area contributed by atoms with Gasteiger partial charge in [-0.15, -0.1) is 0 Å². The van der Waals surface area contributed by atoms with Crippen LogP contribution in [0.25, 0.3) is 0 Å². The Hall–Kier alpha value is -1.40. The van der Waals surface area contributed by atoms with Gasteiger partial charge < -0.3 is 15.8 Å². The Balaban J connectivity index is 2.64. The first-order valence-electron chi connectivity index (χ1n) is 5.42. The zero-order valence-electron chi connectivity index (χ0n) is 9.70. The molecule has 0 amide bonds. The van der Waals surface area contributed by atoms with Crippen LogP contribution < -0.4 is 16.6 Å². The van der Waals surface area contributed by atoms with E-state index < -0.39 is 0 Å². The Morgan fingerprint density at radius 1 is 1.44 bits per heavy atom. The topological polar surface area (TPSA) is 96.1 Å². The summed E-state index contributed by atoms with van der Waals surface area (Å²) in [6, 6.07) is 1.74. The van der Waals surface area contributed by atoms with Gasteiger partial charge in [0.15, 0.2) is 0 Å². The van der Waals surface area contributed by atoms with E-state index in [0.717, 1.165) is 18.1 Å². The Kier molecular flexibility index (Phi) is 4.94. The fraction of sp³-hybridized carbons (Fsp3) is 0.600. The molecule has 0 bridgehead atoms. The van der Waals surface area contributed by atoms with Gasteiger partial charge in [-0.1, -0.05) is 6.92 Å². The molecule has 0 aliphatic carbocycles. The predicted molar refractivity (Wildman–Crippen MR) is 64.0 cm³/mol. The van der Waals surface area contributed by atoms with Crippen molar-refractivity contribution in [3.8, 4) is 0 Å². The lowest BCUT2D eigenvalue weighted by atomic mass is 10.3. The summed E-state index contributed by atoms with van der Waals surface area (Å²) in [5.41, 5.74) is 2.50. The number of aromatic nitrogens is 2. The molecule has 90 valence electrons. The minimum absolute atomic E-state index is 0.313. The van der Waals surface area contributed by atoms with E-state index in [9.17, 15) is 0 Å². The van der Waals surface area contributed by atoms with Crippen LogP contribution in [0.4, 0.5) is 11.6 Å². The van der Waals surface area contributed by atoms with Gasteiger partial charge in [-0.3, -0.25) is 0 Å². The van der Waals surface area contributed by atoms with Crippen molar-refractivity contribution in [1.29, 1.82) is 0 Å². The third kappa shape index (κ3) is 4.00. The van der Waals surface area contributed by atoms with Gasteiger partial charge in [0.2, 0.25) is 0 Å². The highest BCUT2D eigenvalue weighted by Gasteiger charge is 2.02. The van der Waals surface area contributed by atoms with Crippen molar-refractivity contribution in [2.45, 2.75) is 32.8 Å². The van der Waals surface area contributed by atoms with Crippen LogP contribution in [-0.4, -0.2) is 27.7 Å². The number of anilines is 2.